The summed E-state index contributed by atoms with van der Waals surface area (Å²) in [5.41, 5.74) is 7.71. The number of rotatable bonds is 4. The molecule has 0 fully saturated rings. The topological polar surface area (TPSA) is 13.1 Å². The minimum Gasteiger partial charge on any atom is -0.456 e. The monoisotopic (exact) mass is 576 g/mol. The van der Waals surface area contributed by atoms with Gasteiger partial charge in [-0.25, -0.2) is 0 Å². The van der Waals surface area contributed by atoms with Gasteiger partial charge in [-0.3, -0.25) is 0 Å². The van der Waals surface area contributed by atoms with Gasteiger partial charge in [-0.15, -0.1) is 0 Å². The normalized spacial score (nSPS) is 12.8. The van der Waals surface area contributed by atoms with Crippen molar-refractivity contribution in [1.82, 2.24) is 0 Å². The van der Waals surface area contributed by atoms with E-state index in [9.17, 15) is 2.74 Å². The summed E-state index contributed by atoms with van der Waals surface area (Å²) in [4.78, 5) is 0. The van der Waals surface area contributed by atoms with Crippen LogP contribution in [0.25, 0.3) is 88.0 Å². The first kappa shape index (κ1) is 21.7. The van der Waals surface area contributed by atoms with Crippen LogP contribution in [0.15, 0.2) is 174 Å². The molecule has 0 unspecified atom stereocenters. The lowest BCUT2D eigenvalue weighted by molar-refractivity contribution is 0.669. The van der Waals surface area contributed by atoms with Crippen LogP contribution in [-0.2, 0) is 0 Å². The molecule has 45 heavy (non-hydrogen) atoms. The van der Waals surface area contributed by atoms with E-state index in [4.69, 9.17) is 7.16 Å². The molecule has 0 saturated carbocycles. The Morgan fingerprint density at radius 1 is 0.400 bits per heavy atom. The van der Waals surface area contributed by atoms with Crippen LogP contribution in [0.4, 0.5) is 0 Å². The Bertz CT molecular complexity index is 2690. The maximum Gasteiger partial charge on any atom is 0.136 e. The first-order valence-corrected chi connectivity index (χ1v) is 15.1. The predicted octanol–water partition coefficient (Wildman–Crippen LogP) is 12.6. The van der Waals surface area contributed by atoms with E-state index in [0.717, 1.165) is 65.7 Å². The summed E-state index contributed by atoms with van der Waals surface area (Å²) in [5, 5.41) is 5.74. The molecule has 0 atom stereocenters. The Hall–Kier alpha value is -5.92. The zero-order valence-corrected chi connectivity index (χ0v) is 24.3. The van der Waals surface area contributed by atoms with Crippen molar-refractivity contribution < 1.29 is 9.90 Å². The van der Waals surface area contributed by atoms with Gasteiger partial charge < -0.3 is 4.42 Å². The van der Waals surface area contributed by atoms with Crippen LogP contribution in [0.5, 0.6) is 0 Å². The van der Waals surface area contributed by atoms with E-state index < -0.39 is 0 Å². The van der Waals surface area contributed by atoms with E-state index in [2.05, 4.69) is 42.5 Å². The second-order valence-electron chi connectivity index (χ2n) is 11.3. The van der Waals surface area contributed by atoms with Crippen molar-refractivity contribution in [3.63, 3.8) is 0 Å². The van der Waals surface area contributed by atoms with Crippen molar-refractivity contribution in [2.75, 3.05) is 0 Å². The molecular formula is C44H28O. The number of benzene rings is 8. The zero-order valence-electron chi connectivity index (χ0n) is 28.3. The fraction of sp³-hybridized carbons (Fsp3) is 0. The summed E-state index contributed by atoms with van der Waals surface area (Å²) in [6, 6.07) is 48.1. The summed E-state index contributed by atoms with van der Waals surface area (Å²) >= 11 is 0. The first-order valence-electron chi connectivity index (χ1n) is 17.1. The van der Waals surface area contributed by atoms with Crippen LogP contribution >= 0.6 is 0 Å². The number of fused-ring (bicyclic) bond motifs is 5. The maximum absolute atomic E-state index is 9.68. The molecule has 1 nitrogen and oxygen atoms in total. The lowest BCUT2D eigenvalue weighted by Crippen LogP contribution is -1.91. The van der Waals surface area contributed by atoms with Gasteiger partial charge in [0, 0.05) is 10.8 Å². The number of hydrogen-bond acceptors (Lipinski definition) is 1. The highest BCUT2D eigenvalue weighted by Gasteiger charge is 2.17. The molecule has 0 radical (unpaired) electrons. The highest BCUT2D eigenvalue weighted by molar-refractivity contribution is 6.21. The Balaban J connectivity index is 1.32. The average molecular weight is 577 g/mol. The Morgan fingerprint density at radius 2 is 0.978 bits per heavy atom. The summed E-state index contributed by atoms with van der Waals surface area (Å²) in [7, 11) is 0. The van der Waals surface area contributed by atoms with E-state index in [0.29, 0.717) is 22.3 Å². The van der Waals surface area contributed by atoms with Crippen LogP contribution in [0.2, 0.25) is 0 Å². The van der Waals surface area contributed by atoms with Gasteiger partial charge in [-0.1, -0.05) is 146 Å². The third-order valence-electron chi connectivity index (χ3n) is 8.74. The molecule has 1 heterocycles. The predicted molar refractivity (Wildman–Crippen MR) is 190 cm³/mol. The van der Waals surface area contributed by atoms with Crippen molar-refractivity contribution in [3.05, 3.63) is 170 Å². The maximum atomic E-state index is 9.68. The van der Waals surface area contributed by atoms with E-state index in [1.807, 2.05) is 103 Å². The number of hydrogen-bond donors (Lipinski definition) is 0. The molecule has 1 heteroatoms. The summed E-state index contributed by atoms with van der Waals surface area (Å²) < 4.78 is 43.3. The van der Waals surface area contributed by atoms with Gasteiger partial charge in [0.15, 0.2) is 0 Å². The minimum atomic E-state index is -0.211. The standard InChI is InChI=1S/C44H28O/c1-3-13-29(14-4-1)34-23-12-24-40-44(34)39-26-25-32(28-41(39)45-40)31-17-11-18-33(27-31)43-37-21-9-7-19-35(37)42(30-15-5-2-6-16-30)36-20-8-10-22-38(36)43/h1-28H/i11D,17D,18D,27D. The molecule has 9 rings (SSSR count). The summed E-state index contributed by atoms with van der Waals surface area (Å²) in [6.07, 6.45) is 0. The molecule has 0 amide bonds. The van der Waals surface area contributed by atoms with E-state index in [1.165, 1.54) is 0 Å². The molecular weight excluding hydrogens is 544 g/mol. The highest BCUT2D eigenvalue weighted by Crippen LogP contribution is 2.44. The summed E-state index contributed by atoms with van der Waals surface area (Å²) in [6.45, 7) is 0. The van der Waals surface area contributed by atoms with Crippen molar-refractivity contribution in [3.8, 4) is 44.5 Å². The Kier molecular flexibility index (Phi) is 5.00. The Morgan fingerprint density at radius 3 is 1.64 bits per heavy atom. The fourth-order valence-electron chi connectivity index (χ4n) is 6.77. The lowest BCUT2D eigenvalue weighted by atomic mass is 9.85. The molecule has 8 aromatic carbocycles. The molecule has 210 valence electrons. The van der Waals surface area contributed by atoms with E-state index >= 15 is 0 Å². The Labute approximate surface area is 267 Å². The third-order valence-corrected chi connectivity index (χ3v) is 8.74. The van der Waals surface area contributed by atoms with E-state index in [1.54, 1.807) is 0 Å². The molecule has 0 bridgehead atoms. The first-order chi connectivity index (χ1) is 24.0. The van der Waals surface area contributed by atoms with Gasteiger partial charge in [0.2, 0.25) is 0 Å². The second-order valence-corrected chi connectivity index (χ2v) is 11.3. The quantitative estimate of drug-likeness (QED) is 0.190. The zero-order chi connectivity index (χ0) is 33.2. The van der Waals surface area contributed by atoms with Crippen molar-refractivity contribution in [2.24, 2.45) is 0 Å². The molecule has 9 aromatic rings. The fourth-order valence-corrected chi connectivity index (χ4v) is 6.77. The van der Waals surface area contributed by atoms with Gasteiger partial charge in [0.05, 0.1) is 5.48 Å². The van der Waals surface area contributed by atoms with Crippen molar-refractivity contribution in [2.45, 2.75) is 0 Å². The molecule has 0 N–H and O–H groups in total. The van der Waals surface area contributed by atoms with Crippen LogP contribution in [0.3, 0.4) is 0 Å². The summed E-state index contributed by atoms with van der Waals surface area (Å²) in [5.74, 6) is 0. The van der Waals surface area contributed by atoms with Crippen molar-refractivity contribution in [1.29, 1.82) is 0 Å². The number of furan rings is 1. The van der Waals surface area contributed by atoms with Crippen molar-refractivity contribution >= 4 is 43.5 Å². The van der Waals surface area contributed by atoms with Crippen LogP contribution in [-0.4, -0.2) is 0 Å². The van der Waals surface area contributed by atoms with Crippen LogP contribution in [0, 0.1) is 0 Å². The van der Waals surface area contributed by atoms with E-state index in [-0.39, 0.29) is 24.2 Å². The highest BCUT2D eigenvalue weighted by atomic mass is 16.3. The molecule has 0 aliphatic rings. The minimum absolute atomic E-state index is 0.0502. The average Bonchev–Trinajstić information content (AvgIpc) is 3.53. The molecule has 0 saturated heterocycles. The molecule has 0 aliphatic heterocycles. The second kappa shape index (κ2) is 10.4. The van der Waals surface area contributed by atoms with Gasteiger partial charge in [0.1, 0.15) is 11.2 Å². The smallest absolute Gasteiger partial charge is 0.136 e. The molecule has 1 aromatic heterocycles. The van der Waals surface area contributed by atoms with Crippen LogP contribution < -0.4 is 0 Å². The van der Waals surface area contributed by atoms with Gasteiger partial charge in [0.25, 0.3) is 0 Å². The van der Waals surface area contributed by atoms with Gasteiger partial charge in [-0.2, -0.15) is 0 Å². The van der Waals surface area contributed by atoms with Gasteiger partial charge in [-0.05, 0) is 90.3 Å². The molecule has 0 aliphatic carbocycles. The molecule has 0 spiro atoms. The largest absolute Gasteiger partial charge is 0.456 e. The third kappa shape index (κ3) is 4.17. The van der Waals surface area contributed by atoms with Gasteiger partial charge >= 0.3 is 0 Å². The van der Waals surface area contributed by atoms with Crippen LogP contribution in [0.1, 0.15) is 5.48 Å². The SMILES string of the molecule is [2H]c1c([2H])c(-c2ccc3c(c2)oc2cccc(-c4ccccc4)c23)c([2H])c(-c2c3ccccc3c(-c3ccccc3)c3ccccc23)c1[2H]. The lowest BCUT2D eigenvalue weighted by Gasteiger charge is -2.18.